The summed E-state index contributed by atoms with van der Waals surface area (Å²) in [5, 5.41) is 19.8. The summed E-state index contributed by atoms with van der Waals surface area (Å²) in [4.78, 5) is 34.7. The van der Waals surface area contributed by atoms with E-state index in [2.05, 4.69) is 5.32 Å². The molecule has 1 aliphatic heterocycles. The van der Waals surface area contributed by atoms with E-state index in [4.69, 9.17) is 14.9 Å². The van der Waals surface area contributed by atoms with Crippen LogP contribution in [0.2, 0.25) is 0 Å². The first kappa shape index (κ1) is 15.2. The molecule has 2 atom stereocenters. The molecule has 0 aliphatic carbocycles. The molecule has 1 rings (SSSR count). The quantitative estimate of drug-likeness (QED) is 0.635. The van der Waals surface area contributed by atoms with Crippen molar-refractivity contribution in [3.63, 3.8) is 0 Å². The Kier molecular flexibility index (Phi) is 5.56. The molecular formula is C11H18N2O6. The van der Waals surface area contributed by atoms with Crippen molar-refractivity contribution in [2.75, 3.05) is 19.7 Å². The second-order valence-electron chi connectivity index (χ2n) is 4.40. The summed E-state index contributed by atoms with van der Waals surface area (Å²) in [6.45, 7) is 3.00. The monoisotopic (exact) mass is 274 g/mol. The molecule has 1 heterocycles. The molecule has 0 aromatic carbocycles. The Balaban J connectivity index is 2.50. The summed E-state index contributed by atoms with van der Waals surface area (Å²) in [7, 11) is 0. The van der Waals surface area contributed by atoms with Crippen LogP contribution in [0, 0.1) is 0 Å². The van der Waals surface area contributed by atoms with Gasteiger partial charge in [0, 0.05) is 19.5 Å². The van der Waals surface area contributed by atoms with E-state index in [1.165, 1.54) is 4.90 Å². The molecule has 0 radical (unpaired) electrons. The maximum atomic E-state index is 11.9. The molecule has 2 amide bonds. The van der Waals surface area contributed by atoms with E-state index in [9.17, 15) is 14.4 Å². The Morgan fingerprint density at radius 3 is 2.63 bits per heavy atom. The first-order valence-corrected chi connectivity index (χ1v) is 6.01. The van der Waals surface area contributed by atoms with Crippen LogP contribution >= 0.6 is 0 Å². The van der Waals surface area contributed by atoms with Crippen molar-refractivity contribution in [2.24, 2.45) is 0 Å². The average Bonchev–Trinajstić information content (AvgIpc) is 2.33. The smallest absolute Gasteiger partial charge is 0.326 e. The van der Waals surface area contributed by atoms with Crippen LogP contribution in [0.4, 0.5) is 4.79 Å². The highest BCUT2D eigenvalue weighted by atomic mass is 16.5. The van der Waals surface area contributed by atoms with Crippen LogP contribution in [0.15, 0.2) is 0 Å². The van der Waals surface area contributed by atoms with Crippen molar-refractivity contribution < 1.29 is 29.3 Å². The van der Waals surface area contributed by atoms with E-state index >= 15 is 0 Å². The average molecular weight is 274 g/mol. The van der Waals surface area contributed by atoms with E-state index in [0.29, 0.717) is 19.7 Å². The van der Waals surface area contributed by atoms with Gasteiger partial charge in [0.1, 0.15) is 6.04 Å². The number of carbonyl (C=O) groups is 3. The number of ether oxygens (including phenoxy) is 1. The normalized spacial score (nSPS) is 20.7. The molecule has 8 nitrogen and oxygen atoms in total. The van der Waals surface area contributed by atoms with Crippen LogP contribution in [0.3, 0.4) is 0 Å². The number of carboxylic acid groups (broad SMARTS) is 2. The molecule has 0 saturated carbocycles. The zero-order valence-corrected chi connectivity index (χ0v) is 10.7. The van der Waals surface area contributed by atoms with E-state index in [1.807, 2.05) is 6.92 Å². The van der Waals surface area contributed by atoms with E-state index in [0.717, 1.165) is 0 Å². The number of urea groups is 1. The van der Waals surface area contributed by atoms with Crippen molar-refractivity contribution in [1.82, 2.24) is 10.2 Å². The Morgan fingerprint density at radius 1 is 1.42 bits per heavy atom. The number of morpholine rings is 1. The van der Waals surface area contributed by atoms with E-state index in [1.54, 1.807) is 0 Å². The second-order valence-corrected chi connectivity index (χ2v) is 4.40. The Hall–Kier alpha value is -1.83. The minimum atomic E-state index is -1.24. The molecule has 0 spiro atoms. The zero-order valence-electron chi connectivity index (χ0n) is 10.7. The standard InChI is InChI=1S/C11H18N2O6/c1-7-6-13(4-5-19-7)11(18)12-8(10(16)17)2-3-9(14)15/h7-8H,2-6H2,1H3,(H,12,18)(H,14,15)(H,16,17)/t7?,8-/m0/s1. The van der Waals surface area contributed by atoms with Crippen LogP contribution in [0.1, 0.15) is 19.8 Å². The first-order valence-electron chi connectivity index (χ1n) is 6.01. The van der Waals surface area contributed by atoms with Gasteiger partial charge in [0.05, 0.1) is 12.7 Å². The van der Waals surface area contributed by atoms with Gasteiger partial charge in [0.15, 0.2) is 0 Å². The molecule has 19 heavy (non-hydrogen) atoms. The number of aliphatic carboxylic acids is 2. The maximum Gasteiger partial charge on any atom is 0.326 e. The molecule has 0 aromatic rings. The number of amides is 2. The van der Waals surface area contributed by atoms with E-state index < -0.39 is 24.0 Å². The molecule has 1 fully saturated rings. The third kappa shape index (κ3) is 5.12. The highest BCUT2D eigenvalue weighted by Crippen LogP contribution is 2.06. The fourth-order valence-corrected chi connectivity index (χ4v) is 1.77. The maximum absolute atomic E-state index is 11.9. The first-order chi connectivity index (χ1) is 8.90. The summed E-state index contributed by atoms with van der Waals surface area (Å²) in [5.41, 5.74) is 0. The van der Waals surface area contributed by atoms with Crippen molar-refractivity contribution in [1.29, 1.82) is 0 Å². The van der Waals surface area contributed by atoms with Gasteiger partial charge in [-0.05, 0) is 13.3 Å². The number of hydrogen-bond acceptors (Lipinski definition) is 4. The zero-order chi connectivity index (χ0) is 14.4. The largest absolute Gasteiger partial charge is 0.481 e. The summed E-state index contributed by atoms with van der Waals surface area (Å²) in [6, 6.07) is -1.70. The number of carbonyl (C=O) groups excluding carboxylic acids is 1. The minimum absolute atomic E-state index is 0.0956. The molecule has 8 heteroatoms. The number of carboxylic acids is 2. The van der Waals surface area contributed by atoms with Crippen LogP contribution < -0.4 is 5.32 Å². The molecule has 1 unspecified atom stereocenters. The highest BCUT2D eigenvalue weighted by Gasteiger charge is 2.26. The number of nitrogens with one attached hydrogen (secondary N) is 1. The van der Waals surface area contributed by atoms with Crippen molar-refractivity contribution in [2.45, 2.75) is 31.9 Å². The number of rotatable bonds is 5. The van der Waals surface area contributed by atoms with Crippen molar-refractivity contribution in [3.8, 4) is 0 Å². The molecule has 1 aliphatic rings. The third-order valence-electron chi connectivity index (χ3n) is 2.77. The lowest BCUT2D eigenvalue weighted by Crippen LogP contribution is -2.52. The Labute approximate surface area is 110 Å². The van der Waals surface area contributed by atoms with Gasteiger partial charge >= 0.3 is 18.0 Å². The topological polar surface area (TPSA) is 116 Å². The fourth-order valence-electron chi connectivity index (χ4n) is 1.77. The van der Waals surface area contributed by atoms with Gasteiger partial charge in [-0.1, -0.05) is 0 Å². The van der Waals surface area contributed by atoms with Gasteiger partial charge in [-0.15, -0.1) is 0 Å². The molecule has 1 saturated heterocycles. The lowest BCUT2D eigenvalue weighted by atomic mass is 10.1. The summed E-state index contributed by atoms with van der Waals surface area (Å²) in [5.74, 6) is -2.34. The van der Waals surface area contributed by atoms with Crippen LogP contribution in [0.25, 0.3) is 0 Å². The lowest BCUT2D eigenvalue weighted by Gasteiger charge is -2.32. The van der Waals surface area contributed by atoms with Gasteiger partial charge in [0.25, 0.3) is 0 Å². The number of nitrogens with zero attached hydrogens (tertiary/aromatic N) is 1. The van der Waals surface area contributed by atoms with Crippen LogP contribution in [0.5, 0.6) is 0 Å². The van der Waals surface area contributed by atoms with Crippen LogP contribution in [-0.4, -0.2) is 64.9 Å². The fraction of sp³-hybridized carbons (Fsp3) is 0.727. The molecule has 0 bridgehead atoms. The predicted molar refractivity (Wildman–Crippen MR) is 63.8 cm³/mol. The molecule has 3 N–H and O–H groups in total. The number of hydrogen-bond donors (Lipinski definition) is 3. The SMILES string of the molecule is CC1CN(C(=O)N[C@@H](CCC(=O)O)C(=O)O)CCO1. The van der Waals surface area contributed by atoms with Gasteiger partial charge in [-0.3, -0.25) is 4.79 Å². The molecular weight excluding hydrogens is 256 g/mol. The highest BCUT2D eigenvalue weighted by molar-refractivity contribution is 5.83. The second kappa shape index (κ2) is 6.93. The lowest BCUT2D eigenvalue weighted by molar-refractivity contribution is -0.140. The summed E-state index contributed by atoms with van der Waals surface area (Å²) < 4.78 is 5.27. The van der Waals surface area contributed by atoms with Crippen molar-refractivity contribution in [3.05, 3.63) is 0 Å². The van der Waals surface area contributed by atoms with Crippen LogP contribution in [-0.2, 0) is 14.3 Å². The minimum Gasteiger partial charge on any atom is -0.481 e. The summed E-state index contributed by atoms with van der Waals surface area (Å²) >= 11 is 0. The van der Waals surface area contributed by atoms with E-state index in [-0.39, 0.29) is 18.9 Å². The van der Waals surface area contributed by atoms with Gasteiger partial charge in [-0.25, -0.2) is 9.59 Å². The molecule has 0 aromatic heterocycles. The van der Waals surface area contributed by atoms with Gasteiger partial charge in [-0.2, -0.15) is 0 Å². The van der Waals surface area contributed by atoms with Crippen molar-refractivity contribution >= 4 is 18.0 Å². The molecule has 108 valence electrons. The van der Waals surface area contributed by atoms with Gasteiger partial charge in [0.2, 0.25) is 0 Å². The summed E-state index contributed by atoms with van der Waals surface area (Å²) in [6.07, 6.45) is -0.547. The Bertz CT molecular complexity index is 359. The Morgan fingerprint density at radius 2 is 2.11 bits per heavy atom. The predicted octanol–water partition coefficient (Wildman–Crippen LogP) is -0.265. The van der Waals surface area contributed by atoms with Gasteiger partial charge < -0.3 is 25.2 Å². The third-order valence-corrected chi connectivity index (χ3v) is 2.77.